The molecule has 0 bridgehead atoms. The van der Waals surface area contributed by atoms with Crippen molar-refractivity contribution in [2.45, 2.75) is 11.8 Å². The Labute approximate surface area is 117 Å². The van der Waals surface area contributed by atoms with Gasteiger partial charge in [-0.15, -0.1) is 0 Å². The van der Waals surface area contributed by atoms with Gasteiger partial charge in [0.15, 0.2) is 0 Å². The predicted molar refractivity (Wildman–Crippen MR) is 78.4 cm³/mol. The number of fused-ring (bicyclic) bond motifs is 1. The lowest BCUT2D eigenvalue weighted by Crippen LogP contribution is -2.46. The molecule has 2 aromatic rings. The monoisotopic (exact) mass is 270 g/mol. The minimum atomic E-state index is -1.01. The summed E-state index contributed by atoms with van der Waals surface area (Å²) in [5.74, 6) is 0. The Bertz CT molecular complexity index is 597. The van der Waals surface area contributed by atoms with Crippen LogP contribution in [-0.4, -0.2) is 11.5 Å². The number of para-hydroxylation sites is 1. The molecule has 19 heavy (non-hydrogen) atoms. The number of nitrogens with zero attached hydrogens (tertiary/aromatic N) is 1. The number of hydrogen-bond donors (Lipinski definition) is 2. The van der Waals surface area contributed by atoms with Crippen molar-refractivity contribution in [1.29, 1.82) is 0 Å². The molecule has 0 spiro atoms. The standard InChI is InChI=1S/C15H13ClN3/c16-15(17-10-12-6-2-1-3-7-12)18-11-13-8-4-5-9-14(13)19-15/h1-8,11,17,19H,10H2. The topological polar surface area (TPSA) is 36.4 Å². The average Bonchev–Trinajstić information content (AvgIpc) is 2.46. The molecular formula is C15H13ClN3. The maximum absolute atomic E-state index is 6.41. The van der Waals surface area contributed by atoms with Crippen molar-refractivity contribution in [2.24, 2.45) is 4.99 Å². The van der Waals surface area contributed by atoms with E-state index >= 15 is 0 Å². The number of nitrogens with one attached hydrogen (secondary N) is 2. The molecular weight excluding hydrogens is 258 g/mol. The zero-order valence-corrected chi connectivity index (χ0v) is 11.0. The average molecular weight is 271 g/mol. The molecule has 1 aliphatic heterocycles. The van der Waals surface area contributed by atoms with E-state index in [1.54, 1.807) is 6.21 Å². The number of alkyl halides is 1. The summed E-state index contributed by atoms with van der Waals surface area (Å²) in [6.07, 6.45) is 1.76. The fourth-order valence-corrected chi connectivity index (χ4v) is 2.14. The predicted octanol–water partition coefficient (Wildman–Crippen LogP) is 2.97. The number of benzene rings is 2. The van der Waals surface area contributed by atoms with E-state index in [0.29, 0.717) is 6.54 Å². The first kappa shape index (κ1) is 12.2. The Balaban J connectivity index is 1.72. The van der Waals surface area contributed by atoms with Crippen LogP contribution in [0.3, 0.4) is 0 Å². The van der Waals surface area contributed by atoms with Crippen molar-refractivity contribution >= 4 is 23.5 Å². The highest BCUT2D eigenvalue weighted by Gasteiger charge is 2.28. The quantitative estimate of drug-likeness (QED) is 0.665. The van der Waals surface area contributed by atoms with E-state index in [-0.39, 0.29) is 0 Å². The van der Waals surface area contributed by atoms with Crippen LogP contribution in [0.15, 0.2) is 53.5 Å². The number of aliphatic imine (C=N–C) groups is 1. The van der Waals surface area contributed by atoms with Crippen LogP contribution >= 0.6 is 11.6 Å². The van der Waals surface area contributed by atoms with E-state index < -0.39 is 5.25 Å². The zero-order chi connectivity index (χ0) is 13.1. The van der Waals surface area contributed by atoms with Crippen molar-refractivity contribution < 1.29 is 0 Å². The lowest BCUT2D eigenvalue weighted by atomic mass is 10.1. The Morgan fingerprint density at radius 3 is 2.89 bits per heavy atom. The molecule has 2 aromatic carbocycles. The Morgan fingerprint density at radius 2 is 2.05 bits per heavy atom. The molecule has 95 valence electrons. The van der Waals surface area contributed by atoms with Gasteiger partial charge in [0, 0.05) is 24.4 Å². The van der Waals surface area contributed by atoms with Gasteiger partial charge in [-0.3, -0.25) is 5.32 Å². The highest BCUT2D eigenvalue weighted by atomic mass is 35.5. The van der Waals surface area contributed by atoms with Crippen molar-refractivity contribution in [3.63, 3.8) is 0 Å². The van der Waals surface area contributed by atoms with Gasteiger partial charge in [-0.2, -0.15) is 0 Å². The van der Waals surface area contributed by atoms with Crippen LogP contribution in [0.5, 0.6) is 0 Å². The molecule has 3 rings (SSSR count). The van der Waals surface area contributed by atoms with E-state index in [1.807, 2.05) is 48.5 Å². The van der Waals surface area contributed by atoms with Crippen molar-refractivity contribution in [3.8, 4) is 0 Å². The molecule has 1 atom stereocenters. The molecule has 1 unspecified atom stereocenters. The lowest BCUT2D eigenvalue weighted by Gasteiger charge is -2.30. The van der Waals surface area contributed by atoms with Crippen LogP contribution in [0.4, 0.5) is 5.69 Å². The molecule has 0 saturated carbocycles. The fourth-order valence-electron chi connectivity index (χ4n) is 1.93. The zero-order valence-electron chi connectivity index (χ0n) is 10.2. The molecule has 0 aliphatic carbocycles. The third kappa shape index (κ3) is 2.78. The fraction of sp³-hybridized carbons (Fsp3) is 0.133. The first-order chi connectivity index (χ1) is 9.25. The number of rotatable bonds is 3. The van der Waals surface area contributed by atoms with Gasteiger partial charge in [0.1, 0.15) is 0 Å². The summed E-state index contributed by atoms with van der Waals surface area (Å²) in [5.41, 5.74) is 3.00. The first-order valence-corrected chi connectivity index (χ1v) is 6.45. The summed E-state index contributed by atoms with van der Waals surface area (Å²) >= 11 is 6.41. The maximum Gasteiger partial charge on any atom is 0.265 e. The lowest BCUT2D eigenvalue weighted by molar-refractivity contribution is 0.522. The normalized spacial score (nSPS) is 20.7. The number of hydrogen-bond acceptors (Lipinski definition) is 3. The van der Waals surface area contributed by atoms with Crippen LogP contribution in [0, 0.1) is 6.07 Å². The van der Waals surface area contributed by atoms with E-state index in [4.69, 9.17) is 11.6 Å². The van der Waals surface area contributed by atoms with Gasteiger partial charge in [-0.25, -0.2) is 4.99 Å². The van der Waals surface area contributed by atoms with Gasteiger partial charge in [-0.1, -0.05) is 60.1 Å². The molecule has 0 amide bonds. The van der Waals surface area contributed by atoms with Gasteiger partial charge in [0.25, 0.3) is 5.25 Å². The third-order valence-electron chi connectivity index (χ3n) is 2.93. The van der Waals surface area contributed by atoms with Crippen LogP contribution in [0.2, 0.25) is 0 Å². The first-order valence-electron chi connectivity index (χ1n) is 6.07. The molecule has 1 heterocycles. The molecule has 0 fully saturated rings. The molecule has 1 radical (unpaired) electrons. The largest absolute Gasteiger partial charge is 0.335 e. The molecule has 3 nitrogen and oxygen atoms in total. The summed E-state index contributed by atoms with van der Waals surface area (Å²) in [6.45, 7) is 0.636. The Kier molecular flexibility index (Phi) is 3.23. The Morgan fingerprint density at radius 1 is 1.21 bits per heavy atom. The number of anilines is 1. The van der Waals surface area contributed by atoms with E-state index in [0.717, 1.165) is 16.8 Å². The minimum absolute atomic E-state index is 0.636. The van der Waals surface area contributed by atoms with Crippen LogP contribution in [0.1, 0.15) is 11.1 Å². The van der Waals surface area contributed by atoms with E-state index in [1.165, 1.54) is 0 Å². The van der Waals surface area contributed by atoms with Crippen LogP contribution < -0.4 is 10.6 Å². The molecule has 0 aromatic heterocycles. The van der Waals surface area contributed by atoms with Gasteiger partial charge in [0.05, 0.1) is 5.69 Å². The summed E-state index contributed by atoms with van der Waals surface area (Å²) in [6, 6.07) is 18.9. The minimum Gasteiger partial charge on any atom is -0.335 e. The third-order valence-corrected chi connectivity index (χ3v) is 3.26. The summed E-state index contributed by atoms with van der Waals surface area (Å²) in [7, 11) is 0. The highest BCUT2D eigenvalue weighted by Crippen LogP contribution is 2.25. The summed E-state index contributed by atoms with van der Waals surface area (Å²) < 4.78 is 0. The SMILES string of the molecule is ClC1(NCc2ccccc2)N=Cc2ccc[c]c2N1. The second kappa shape index (κ2) is 5.03. The highest BCUT2D eigenvalue weighted by molar-refractivity contribution is 6.25. The van der Waals surface area contributed by atoms with Crippen molar-refractivity contribution in [1.82, 2.24) is 5.32 Å². The maximum atomic E-state index is 6.41. The molecule has 2 N–H and O–H groups in total. The van der Waals surface area contributed by atoms with Crippen molar-refractivity contribution in [2.75, 3.05) is 5.32 Å². The second-order valence-corrected chi connectivity index (χ2v) is 4.89. The summed E-state index contributed by atoms with van der Waals surface area (Å²) in [5, 5.41) is 5.32. The van der Waals surface area contributed by atoms with Gasteiger partial charge < -0.3 is 5.32 Å². The second-order valence-electron chi connectivity index (χ2n) is 4.34. The van der Waals surface area contributed by atoms with E-state index in [2.05, 4.69) is 21.7 Å². The van der Waals surface area contributed by atoms with Gasteiger partial charge in [0.2, 0.25) is 0 Å². The molecule has 1 aliphatic rings. The van der Waals surface area contributed by atoms with E-state index in [9.17, 15) is 0 Å². The smallest absolute Gasteiger partial charge is 0.265 e. The molecule has 4 heteroatoms. The van der Waals surface area contributed by atoms with Crippen molar-refractivity contribution in [3.05, 3.63) is 65.7 Å². The number of halogens is 1. The van der Waals surface area contributed by atoms with Crippen LogP contribution in [0.25, 0.3) is 0 Å². The van der Waals surface area contributed by atoms with Crippen LogP contribution in [-0.2, 0) is 6.54 Å². The van der Waals surface area contributed by atoms with Gasteiger partial charge in [-0.05, 0) is 5.56 Å². The molecule has 0 saturated heterocycles. The van der Waals surface area contributed by atoms with Gasteiger partial charge >= 0.3 is 0 Å². The summed E-state index contributed by atoms with van der Waals surface area (Å²) in [4.78, 5) is 4.32. The Hall–Kier alpha value is -1.84.